The van der Waals surface area contributed by atoms with Gasteiger partial charge in [-0.2, -0.15) is 0 Å². The van der Waals surface area contributed by atoms with Crippen LogP contribution in [0.1, 0.15) is 34.7 Å². The van der Waals surface area contributed by atoms with E-state index in [0.717, 1.165) is 34.6 Å². The molecule has 0 spiro atoms. The number of ether oxygens (including phenoxy) is 1. The molecule has 1 N–H and O–H groups in total. The van der Waals surface area contributed by atoms with Gasteiger partial charge in [0.15, 0.2) is 0 Å². The molecule has 6 heteroatoms. The summed E-state index contributed by atoms with van der Waals surface area (Å²) in [5, 5.41) is 3.57. The zero-order chi connectivity index (χ0) is 23.2. The molecule has 0 aliphatic carbocycles. The SMILES string of the molecule is C=CCc1ccccc1OCCn1c(C(C)NC(=O)c2cccc(Cl)c2)nc2ccccc21. The van der Waals surface area contributed by atoms with E-state index in [-0.39, 0.29) is 11.9 Å². The van der Waals surface area contributed by atoms with Crippen LogP contribution in [0.2, 0.25) is 5.02 Å². The fourth-order valence-corrected chi connectivity index (χ4v) is 4.04. The summed E-state index contributed by atoms with van der Waals surface area (Å²) in [5.74, 6) is 1.43. The Morgan fingerprint density at radius 1 is 1.15 bits per heavy atom. The summed E-state index contributed by atoms with van der Waals surface area (Å²) < 4.78 is 8.22. The van der Waals surface area contributed by atoms with Gasteiger partial charge in [-0.05, 0) is 55.3 Å². The molecule has 0 fully saturated rings. The molecule has 4 aromatic rings. The molecule has 0 aliphatic rings. The van der Waals surface area contributed by atoms with Gasteiger partial charge in [0.05, 0.1) is 23.6 Å². The number of imidazole rings is 1. The summed E-state index contributed by atoms with van der Waals surface area (Å²) >= 11 is 6.04. The van der Waals surface area contributed by atoms with E-state index >= 15 is 0 Å². The van der Waals surface area contributed by atoms with Crippen molar-refractivity contribution in [2.75, 3.05) is 6.61 Å². The molecule has 0 saturated heterocycles. The Hall–Kier alpha value is -3.57. The number of halogens is 1. The molecular weight excluding hydrogens is 434 g/mol. The lowest BCUT2D eigenvalue weighted by atomic mass is 10.1. The zero-order valence-corrected chi connectivity index (χ0v) is 19.3. The van der Waals surface area contributed by atoms with Crippen LogP contribution >= 0.6 is 11.6 Å². The number of rotatable bonds is 9. The number of amides is 1. The topological polar surface area (TPSA) is 56.1 Å². The van der Waals surface area contributed by atoms with Crippen molar-refractivity contribution in [3.8, 4) is 5.75 Å². The van der Waals surface area contributed by atoms with Crippen molar-refractivity contribution < 1.29 is 9.53 Å². The third kappa shape index (κ3) is 5.26. The van der Waals surface area contributed by atoms with Crippen LogP contribution in [0, 0.1) is 0 Å². The molecule has 3 aromatic carbocycles. The molecule has 168 valence electrons. The summed E-state index contributed by atoms with van der Waals surface area (Å²) in [6.45, 7) is 6.82. The minimum absolute atomic E-state index is 0.196. The lowest BCUT2D eigenvalue weighted by Crippen LogP contribution is -2.29. The number of carbonyl (C=O) groups excluding carboxylic acids is 1. The minimum Gasteiger partial charge on any atom is -0.491 e. The second-order valence-corrected chi connectivity index (χ2v) is 8.20. The van der Waals surface area contributed by atoms with Crippen molar-refractivity contribution in [3.63, 3.8) is 0 Å². The number of carbonyl (C=O) groups is 1. The number of aromatic nitrogens is 2. The Balaban J connectivity index is 1.54. The van der Waals surface area contributed by atoms with Crippen molar-refractivity contribution in [2.24, 2.45) is 0 Å². The monoisotopic (exact) mass is 459 g/mol. The number of nitrogens with one attached hydrogen (secondary N) is 1. The van der Waals surface area contributed by atoms with Crippen LogP contribution in [-0.4, -0.2) is 22.1 Å². The number of para-hydroxylation sites is 3. The Kier molecular flexibility index (Phi) is 7.10. The van der Waals surface area contributed by atoms with Gasteiger partial charge in [-0.3, -0.25) is 4.79 Å². The number of nitrogens with zero attached hydrogens (tertiary/aromatic N) is 2. The van der Waals surface area contributed by atoms with Gasteiger partial charge in [0.2, 0.25) is 0 Å². The van der Waals surface area contributed by atoms with E-state index in [9.17, 15) is 4.79 Å². The summed E-state index contributed by atoms with van der Waals surface area (Å²) in [6, 6.07) is 22.5. The Morgan fingerprint density at radius 2 is 1.94 bits per heavy atom. The highest BCUT2D eigenvalue weighted by atomic mass is 35.5. The first-order valence-electron chi connectivity index (χ1n) is 10.9. The van der Waals surface area contributed by atoms with E-state index < -0.39 is 0 Å². The maximum absolute atomic E-state index is 12.8. The molecule has 1 atom stereocenters. The van der Waals surface area contributed by atoms with Crippen LogP contribution in [0.4, 0.5) is 0 Å². The van der Waals surface area contributed by atoms with Gasteiger partial charge in [0.25, 0.3) is 5.91 Å². The van der Waals surface area contributed by atoms with Gasteiger partial charge < -0.3 is 14.6 Å². The molecule has 1 heterocycles. The maximum Gasteiger partial charge on any atom is 0.251 e. The molecule has 0 saturated carbocycles. The standard InChI is InChI=1S/C27H26ClN3O2/c1-3-9-20-10-4-7-15-25(20)33-17-16-31-24-14-6-5-13-23(24)30-26(31)19(2)29-27(32)21-11-8-12-22(28)18-21/h3-8,10-15,18-19H,1,9,16-17H2,2H3,(H,29,32). The molecule has 0 radical (unpaired) electrons. The number of fused-ring (bicyclic) bond motifs is 1. The van der Waals surface area contributed by atoms with Crippen molar-refractivity contribution in [2.45, 2.75) is 25.9 Å². The van der Waals surface area contributed by atoms with E-state index in [1.807, 2.05) is 61.5 Å². The third-order valence-corrected chi connectivity index (χ3v) is 5.65. The number of allylic oxidation sites excluding steroid dienone is 1. The highest BCUT2D eigenvalue weighted by Gasteiger charge is 2.19. The average molecular weight is 460 g/mol. The lowest BCUT2D eigenvalue weighted by molar-refractivity contribution is 0.0937. The lowest BCUT2D eigenvalue weighted by Gasteiger charge is -2.17. The Bertz CT molecular complexity index is 1280. The highest BCUT2D eigenvalue weighted by molar-refractivity contribution is 6.30. The predicted octanol–water partition coefficient (Wildman–Crippen LogP) is 5.99. The molecule has 0 bridgehead atoms. The van der Waals surface area contributed by atoms with E-state index in [1.54, 1.807) is 24.3 Å². The minimum atomic E-state index is -0.308. The van der Waals surface area contributed by atoms with E-state index in [4.69, 9.17) is 21.3 Å². The van der Waals surface area contributed by atoms with Crippen LogP contribution in [0.5, 0.6) is 5.75 Å². The molecular formula is C27H26ClN3O2. The summed E-state index contributed by atoms with van der Waals surface area (Å²) in [7, 11) is 0. The third-order valence-electron chi connectivity index (χ3n) is 5.42. The highest BCUT2D eigenvalue weighted by Crippen LogP contribution is 2.23. The summed E-state index contributed by atoms with van der Waals surface area (Å²) in [4.78, 5) is 17.6. The van der Waals surface area contributed by atoms with Crippen LogP contribution in [-0.2, 0) is 13.0 Å². The van der Waals surface area contributed by atoms with Gasteiger partial charge in [0, 0.05) is 10.6 Å². The molecule has 1 unspecified atom stereocenters. The van der Waals surface area contributed by atoms with Gasteiger partial charge in [-0.1, -0.05) is 54.1 Å². The smallest absolute Gasteiger partial charge is 0.251 e. The second-order valence-electron chi connectivity index (χ2n) is 7.76. The van der Waals surface area contributed by atoms with Gasteiger partial charge >= 0.3 is 0 Å². The Morgan fingerprint density at radius 3 is 2.76 bits per heavy atom. The van der Waals surface area contributed by atoms with Crippen LogP contribution in [0.25, 0.3) is 11.0 Å². The van der Waals surface area contributed by atoms with Crippen molar-refractivity contribution in [3.05, 3.63) is 107 Å². The number of benzene rings is 3. The second kappa shape index (κ2) is 10.4. The quantitative estimate of drug-likeness (QED) is 0.313. The molecule has 0 aliphatic heterocycles. The zero-order valence-electron chi connectivity index (χ0n) is 18.5. The summed E-state index contributed by atoms with van der Waals surface area (Å²) in [5.41, 5.74) is 3.49. The van der Waals surface area contributed by atoms with E-state index in [0.29, 0.717) is 23.7 Å². The average Bonchev–Trinajstić information content (AvgIpc) is 3.19. The fraction of sp³-hybridized carbons (Fsp3) is 0.185. The van der Waals surface area contributed by atoms with E-state index in [2.05, 4.69) is 16.5 Å². The first-order chi connectivity index (χ1) is 16.1. The van der Waals surface area contributed by atoms with Crippen molar-refractivity contribution in [1.82, 2.24) is 14.9 Å². The van der Waals surface area contributed by atoms with Crippen LogP contribution < -0.4 is 10.1 Å². The van der Waals surface area contributed by atoms with E-state index in [1.165, 1.54) is 0 Å². The number of hydrogen-bond acceptors (Lipinski definition) is 3. The van der Waals surface area contributed by atoms with Crippen molar-refractivity contribution in [1.29, 1.82) is 0 Å². The van der Waals surface area contributed by atoms with Crippen LogP contribution in [0.3, 0.4) is 0 Å². The number of hydrogen-bond donors (Lipinski definition) is 1. The van der Waals surface area contributed by atoms with Crippen LogP contribution in [0.15, 0.2) is 85.5 Å². The maximum atomic E-state index is 12.8. The Labute approximate surface area is 198 Å². The van der Waals surface area contributed by atoms with Gasteiger partial charge in [0.1, 0.15) is 18.2 Å². The molecule has 1 aromatic heterocycles. The first-order valence-corrected chi connectivity index (χ1v) is 11.3. The largest absolute Gasteiger partial charge is 0.491 e. The molecule has 1 amide bonds. The summed E-state index contributed by atoms with van der Waals surface area (Å²) in [6.07, 6.45) is 2.62. The fourth-order valence-electron chi connectivity index (χ4n) is 3.85. The molecule has 33 heavy (non-hydrogen) atoms. The van der Waals surface area contributed by atoms with Crippen molar-refractivity contribution >= 4 is 28.5 Å². The first kappa shape index (κ1) is 22.6. The predicted molar refractivity (Wildman–Crippen MR) is 133 cm³/mol. The molecule has 4 rings (SSSR count). The normalized spacial score (nSPS) is 11.8. The molecule has 5 nitrogen and oxygen atoms in total. The van der Waals surface area contributed by atoms with Gasteiger partial charge in [-0.15, -0.1) is 6.58 Å². The van der Waals surface area contributed by atoms with Gasteiger partial charge in [-0.25, -0.2) is 4.98 Å².